The summed E-state index contributed by atoms with van der Waals surface area (Å²) in [6.07, 6.45) is 2.06. The van der Waals surface area contributed by atoms with E-state index in [1.165, 1.54) is 18.2 Å². The maximum Gasteiger partial charge on any atom is 0.253 e. The number of ether oxygens (including phenoxy) is 1. The van der Waals surface area contributed by atoms with Gasteiger partial charge in [-0.2, -0.15) is 0 Å². The first kappa shape index (κ1) is 19.2. The van der Waals surface area contributed by atoms with E-state index in [9.17, 15) is 14.7 Å². The number of rotatable bonds is 3. The summed E-state index contributed by atoms with van der Waals surface area (Å²) in [7, 11) is 1.57. The van der Waals surface area contributed by atoms with Crippen molar-refractivity contribution in [2.24, 2.45) is 0 Å². The average molecular weight is 415 g/mol. The number of phenolic OH excluding ortho intramolecular Hbond substituents is 1. The molecule has 0 saturated carbocycles. The lowest BCUT2D eigenvalue weighted by molar-refractivity contribution is 0.0792. The first-order chi connectivity index (χ1) is 15.0. The van der Waals surface area contributed by atoms with Gasteiger partial charge in [-0.05, 0) is 55.3 Å². The molecule has 3 aliphatic rings. The zero-order chi connectivity index (χ0) is 21.5. The second kappa shape index (κ2) is 7.47. The highest BCUT2D eigenvalue weighted by Gasteiger charge is 2.23. The van der Waals surface area contributed by atoms with Crippen molar-refractivity contribution in [1.82, 2.24) is 4.90 Å². The van der Waals surface area contributed by atoms with Gasteiger partial charge in [0, 0.05) is 52.9 Å². The van der Waals surface area contributed by atoms with E-state index in [1.54, 1.807) is 31.4 Å². The first-order valence-corrected chi connectivity index (χ1v) is 10.2. The minimum atomic E-state index is -0.166. The SMILES string of the molecule is COc1cc(C(=O)N2CCCC2)ccc1-c1c2ccc(=O)cc-2oc2cc(O)ccc12. The van der Waals surface area contributed by atoms with Crippen LogP contribution >= 0.6 is 0 Å². The minimum absolute atomic E-state index is 0.000969. The number of hydrogen-bond acceptors (Lipinski definition) is 5. The number of hydrogen-bond donors (Lipinski definition) is 1. The molecule has 1 saturated heterocycles. The van der Waals surface area contributed by atoms with Crippen molar-refractivity contribution < 1.29 is 19.1 Å². The Kier molecular flexibility index (Phi) is 4.62. The lowest BCUT2D eigenvalue weighted by Gasteiger charge is -2.19. The van der Waals surface area contributed by atoms with E-state index in [4.69, 9.17) is 9.15 Å². The molecular formula is C25H21NO5. The average Bonchev–Trinajstić information content (AvgIpc) is 3.31. The van der Waals surface area contributed by atoms with E-state index >= 15 is 0 Å². The van der Waals surface area contributed by atoms with Gasteiger partial charge in [0.05, 0.1) is 7.11 Å². The molecule has 31 heavy (non-hydrogen) atoms. The Morgan fingerprint density at radius 1 is 1.00 bits per heavy atom. The van der Waals surface area contributed by atoms with Gasteiger partial charge in [0.15, 0.2) is 5.43 Å². The van der Waals surface area contributed by atoms with Crippen LogP contribution in [0.25, 0.3) is 33.4 Å². The second-order valence-corrected chi connectivity index (χ2v) is 7.73. The third kappa shape index (κ3) is 3.30. The molecule has 6 heteroatoms. The summed E-state index contributed by atoms with van der Waals surface area (Å²) in [5, 5.41) is 10.7. The van der Waals surface area contributed by atoms with Gasteiger partial charge in [0.25, 0.3) is 5.91 Å². The van der Waals surface area contributed by atoms with Crippen LogP contribution in [0.5, 0.6) is 11.5 Å². The molecule has 5 rings (SSSR count). The molecule has 1 N–H and O–H groups in total. The van der Waals surface area contributed by atoms with Gasteiger partial charge in [0.2, 0.25) is 0 Å². The van der Waals surface area contributed by atoms with Crippen molar-refractivity contribution >= 4 is 16.9 Å². The number of carbonyl (C=O) groups is 1. The van der Waals surface area contributed by atoms with E-state index in [0.29, 0.717) is 22.7 Å². The van der Waals surface area contributed by atoms with Gasteiger partial charge in [-0.25, -0.2) is 0 Å². The summed E-state index contributed by atoms with van der Waals surface area (Å²) >= 11 is 0. The molecule has 0 spiro atoms. The van der Waals surface area contributed by atoms with Crippen LogP contribution in [0.1, 0.15) is 23.2 Å². The molecular weight excluding hydrogens is 394 g/mol. The van der Waals surface area contributed by atoms with Crippen LogP contribution in [0.4, 0.5) is 0 Å². The molecule has 2 aromatic carbocycles. The van der Waals surface area contributed by atoms with Gasteiger partial charge < -0.3 is 19.2 Å². The summed E-state index contributed by atoms with van der Waals surface area (Å²) in [5.74, 6) is 1.04. The molecule has 2 aromatic rings. The highest BCUT2D eigenvalue weighted by Crippen LogP contribution is 2.44. The minimum Gasteiger partial charge on any atom is -0.508 e. The summed E-state index contributed by atoms with van der Waals surface area (Å²) in [6.45, 7) is 1.55. The number of phenols is 1. The third-order valence-corrected chi connectivity index (χ3v) is 5.79. The molecule has 1 amide bonds. The van der Waals surface area contributed by atoms with Crippen molar-refractivity contribution in [3.05, 3.63) is 70.4 Å². The fraction of sp³-hybridized carbons (Fsp3) is 0.200. The predicted molar refractivity (Wildman–Crippen MR) is 118 cm³/mol. The Bertz CT molecular complexity index is 1330. The fourth-order valence-electron chi connectivity index (χ4n) is 4.28. The van der Waals surface area contributed by atoms with Gasteiger partial charge in [-0.1, -0.05) is 0 Å². The maximum absolute atomic E-state index is 12.9. The zero-order valence-corrected chi connectivity index (χ0v) is 17.1. The van der Waals surface area contributed by atoms with Gasteiger partial charge in [0.1, 0.15) is 22.8 Å². The van der Waals surface area contributed by atoms with E-state index in [2.05, 4.69) is 0 Å². The second-order valence-electron chi connectivity index (χ2n) is 7.73. The van der Waals surface area contributed by atoms with E-state index in [-0.39, 0.29) is 17.1 Å². The number of fused-ring (bicyclic) bond motifs is 2. The molecule has 0 unspecified atom stereocenters. The molecule has 0 aromatic heterocycles. The topological polar surface area (TPSA) is 80.0 Å². The number of methoxy groups -OCH3 is 1. The Morgan fingerprint density at radius 2 is 1.77 bits per heavy atom. The van der Waals surface area contributed by atoms with E-state index < -0.39 is 0 Å². The van der Waals surface area contributed by atoms with E-state index in [0.717, 1.165) is 48.0 Å². The van der Waals surface area contributed by atoms with Gasteiger partial charge in [-0.15, -0.1) is 0 Å². The molecule has 2 aliphatic heterocycles. The quantitative estimate of drug-likeness (QED) is 0.498. The Morgan fingerprint density at radius 3 is 2.55 bits per heavy atom. The number of nitrogens with zero attached hydrogens (tertiary/aromatic N) is 1. The van der Waals surface area contributed by atoms with E-state index in [1.807, 2.05) is 17.0 Å². The monoisotopic (exact) mass is 415 g/mol. The molecule has 6 nitrogen and oxygen atoms in total. The standard InChI is InChI=1S/C25H21NO5/c1-30-21-12-15(25(29)26-10-2-3-11-26)4-7-18(21)24-19-8-5-16(27)13-22(19)31-23-14-17(28)6-9-20(23)24/h4-9,12-14,27H,2-3,10-11H2,1H3. The molecule has 156 valence electrons. The van der Waals surface area contributed by atoms with Crippen molar-refractivity contribution in [3.63, 3.8) is 0 Å². The predicted octanol–water partition coefficient (Wildman–Crippen LogP) is 4.52. The van der Waals surface area contributed by atoms with Crippen LogP contribution in [-0.4, -0.2) is 36.1 Å². The Labute approximate surface area is 178 Å². The summed E-state index contributed by atoms with van der Waals surface area (Å²) in [4.78, 5) is 26.6. The van der Waals surface area contributed by atoms with Crippen molar-refractivity contribution in [1.29, 1.82) is 0 Å². The van der Waals surface area contributed by atoms with Crippen LogP contribution in [0.15, 0.2) is 63.8 Å². The molecule has 0 radical (unpaired) electrons. The number of benzene rings is 3. The van der Waals surface area contributed by atoms with Gasteiger partial charge in [-0.3, -0.25) is 9.59 Å². The molecule has 1 aliphatic carbocycles. The first-order valence-electron chi connectivity index (χ1n) is 10.2. The summed E-state index contributed by atoms with van der Waals surface area (Å²) in [5.41, 5.74) is 3.20. The van der Waals surface area contributed by atoms with Crippen LogP contribution in [0.2, 0.25) is 0 Å². The summed E-state index contributed by atoms with van der Waals surface area (Å²) < 4.78 is 11.6. The van der Waals surface area contributed by atoms with Crippen LogP contribution in [-0.2, 0) is 0 Å². The highest BCUT2D eigenvalue weighted by molar-refractivity contribution is 6.04. The highest BCUT2D eigenvalue weighted by atomic mass is 16.5. The third-order valence-electron chi connectivity index (χ3n) is 5.79. The van der Waals surface area contributed by atoms with Crippen LogP contribution in [0, 0.1) is 0 Å². The van der Waals surface area contributed by atoms with Crippen LogP contribution in [0.3, 0.4) is 0 Å². The molecule has 1 fully saturated rings. The van der Waals surface area contributed by atoms with Crippen molar-refractivity contribution in [2.45, 2.75) is 12.8 Å². The fourth-order valence-corrected chi connectivity index (χ4v) is 4.28. The largest absolute Gasteiger partial charge is 0.508 e. The molecule has 2 heterocycles. The smallest absolute Gasteiger partial charge is 0.253 e. The number of likely N-dealkylation sites (tertiary alicyclic amines) is 1. The normalized spacial score (nSPS) is 13.8. The van der Waals surface area contributed by atoms with Gasteiger partial charge >= 0.3 is 0 Å². The number of carbonyl (C=O) groups excluding carboxylic acids is 1. The van der Waals surface area contributed by atoms with Crippen molar-refractivity contribution in [3.8, 4) is 33.9 Å². The number of aromatic hydroxyl groups is 1. The zero-order valence-electron chi connectivity index (χ0n) is 17.1. The molecule has 0 atom stereocenters. The lowest BCUT2D eigenvalue weighted by atomic mass is 9.92. The number of amides is 1. The van der Waals surface area contributed by atoms with Crippen LogP contribution < -0.4 is 10.2 Å². The maximum atomic E-state index is 12.9. The van der Waals surface area contributed by atoms with Crippen molar-refractivity contribution in [2.75, 3.05) is 20.2 Å². The lowest BCUT2D eigenvalue weighted by Crippen LogP contribution is -2.27. The Balaban J connectivity index is 1.74. The Hall–Kier alpha value is -3.80. The molecule has 0 bridgehead atoms. The summed E-state index contributed by atoms with van der Waals surface area (Å²) in [6, 6.07) is 15.0.